The first kappa shape index (κ1) is 11.7. The summed E-state index contributed by atoms with van der Waals surface area (Å²) >= 11 is 0. The molecule has 0 radical (unpaired) electrons. The minimum Gasteiger partial charge on any atom is -0.279 e. The maximum absolute atomic E-state index is 12.7. The van der Waals surface area contributed by atoms with Gasteiger partial charge in [0.2, 0.25) is 0 Å². The molecule has 0 amide bonds. The van der Waals surface area contributed by atoms with Gasteiger partial charge in [0.1, 0.15) is 6.54 Å². The van der Waals surface area contributed by atoms with Gasteiger partial charge in [-0.2, -0.15) is 5.26 Å². The van der Waals surface area contributed by atoms with E-state index in [1.165, 1.54) is 4.57 Å². The SMILES string of the molecule is N#CCn1c(=O)n2c3ccccc3nc2c2ccccc21. The molecule has 0 saturated heterocycles. The first-order chi connectivity index (χ1) is 10.3. The number of hydrogen-bond acceptors (Lipinski definition) is 3. The van der Waals surface area contributed by atoms with Crippen LogP contribution in [0.2, 0.25) is 0 Å². The molecular formula is C16H10N4O. The molecule has 5 heteroatoms. The molecule has 5 nitrogen and oxygen atoms in total. The summed E-state index contributed by atoms with van der Waals surface area (Å²) in [5, 5.41) is 9.87. The van der Waals surface area contributed by atoms with Gasteiger partial charge >= 0.3 is 5.69 Å². The molecule has 2 aromatic heterocycles. The first-order valence-electron chi connectivity index (χ1n) is 6.57. The molecule has 4 rings (SSSR count). The number of nitriles is 1. The molecule has 0 fully saturated rings. The number of aromatic nitrogens is 3. The van der Waals surface area contributed by atoms with E-state index < -0.39 is 0 Å². The molecule has 0 spiro atoms. The molecule has 0 unspecified atom stereocenters. The van der Waals surface area contributed by atoms with Gasteiger partial charge in [-0.3, -0.25) is 4.57 Å². The Labute approximate surface area is 119 Å². The monoisotopic (exact) mass is 274 g/mol. The van der Waals surface area contributed by atoms with Crippen LogP contribution in [0.4, 0.5) is 0 Å². The fourth-order valence-corrected chi connectivity index (χ4v) is 2.75. The zero-order chi connectivity index (χ0) is 14.4. The normalized spacial score (nSPS) is 11.2. The van der Waals surface area contributed by atoms with Crippen molar-refractivity contribution < 1.29 is 0 Å². The summed E-state index contributed by atoms with van der Waals surface area (Å²) in [6.45, 7) is 0.0157. The molecule has 0 bridgehead atoms. The molecule has 2 heterocycles. The van der Waals surface area contributed by atoms with Crippen molar-refractivity contribution in [3.05, 3.63) is 59.0 Å². The highest BCUT2D eigenvalue weighted by atomic mass is 16.1. The van der Waals surface area contributed by atoms with Gasteiger partial charge in [0.25, 0.3) is 0 Å². The Bertz CT molecular complexity index is 1100. The number of benzene rings is 2. The van der Waals surface area contributed by atoms with Gasteiger partial charge in [-0.25, -0.2) is 14.2 Å². The topological polar surface area (TPSA) is 63.1 Å². The van der Waals surface area contributed by atoms with Gasteiger partial charge in [-0.1, -0.05) is 24.3 Å². The maximum atomic E-state index is 12.7. The van der Waals surface area contributed by atoms with Crippen LogP contribution in [0.1, 0.15) is 0 Å². The minimum absolute atomic E-state index is 0.0157. The third-order valence-electron chi connectivity index (χ3n) is 3.65. The van der Waals surface area contributed by atoms with E-state index in [1.54, 1.807) is 4.40 Å². The van der Waals surface area contributed by atoms with E-state index in [4.69, 9.17) is 5.26 Å². The maximum Gasteiger partial charge on any atom is 0.335 e. The minimum atomic E-state index is -0.237. The van der Waals surface area contributed by atoms with Crippen molar-refractivity contribution in [3.8, 4) is 6.07 Å². The van der Waals surface area contributed by atoms with E-state index in [-0.39, 0.29) is 12.2 Å². The standard InChI is InChI=1S/C16H10N4O/c17-9-10-19-13-7-3-1-5-11(13)15-18-12-6-2-4-8-14(12)20(15)16(19)21/h1-8H,10H2. The number of imidazole rings is 1. The summed E-state index contributed by atoms with van der Waals surface area (Å²) in [4.78, 5) is 17.3. The molecular weight excluding hydrogens is 264 g/mol. The van der Waals surface area contributed by atoms with Gasteiger partial charge in [-0.15, -0.1) is 0 Å². The van der Waals surface area contributed by atoms with Crippen LogP contribution < -0.4 is 5.69 Å². The smallest absolute Gasteiger partial charge is 0.279 e. The molecule has 0 aliphatic carbocycles. The van der Waals surface area contributed by atoms with Crippen LogP contribution in [-0.2, 0) is 6.54 Å². The van der Waals surface area contributed by atoms with Crippen LogP contribution in [0.5, 0.6) is 0 Å². The van der Waals surface area contributed by atoms with Crippen LogP contribution >= 0.6 is 0 Å². The number of hydrogen-bond donors (Lipinski definition) is 0. The molecule has 0 aliphatic rings. The van der Waals surface area contributed by atoms with E-state index >= 15 is 0 Å². The van der Waals surface area contributed by atoms with Gasteiger partial charge < -0.3 is 0 Å². The fourth-order valence-electron chi connectivity index (χ4n) is 2.75. The highest BCUT2D eigenvalue weighted by molar-refractivity contribution is 5.96. The van der Waals surface area contributed by atoms with E-state index in [9.17, 15) is 4.79 Å². The molecule has 100 valence electrons. The van der Waals surface area contributed by atoms with Gasteiger partial charge in [0, 0.05) is 5.39 Å². The van der Waals surface area contributed by atoms with Crippen molar-refractivity contribution in [1.29, 1.82) is 5.26 Å². The Morgan fingerprint density at radius 3 is 2.57 bits per heavy atom. The van der Waals surface area contributed by atoms with E-state index in [2.05, 4.69) is 11.1 Å². The van der Waals surface area contributed by atoms with Crippen molar-refractivity contribution in [2.75, 3.05) is 0 Å². The predicted molar refractivity (Wildman–Crippen MR) is 80.1 cm³/mol. The van der Waals surface area contributed by atoms with Crippen LogP contribution in [0.15, 0.2) is 53.3 Å². The number of fused-ring (bicyclic) bond motifs is 5. The summed E-state index contributed by atoms with van der Waals surface area (Å²) in [7, 11) is 0. The molecule has 0 saturated carbocycles. The van der Waals surface area contributed by atoms with Gasteiger partial charge in [0.05, 0.1) is 22.6 Å². The molecule has 4 aromatic rings. The summed E-state index contributed by atoms with van der Waals surface area (Å²) in [5.74, 6) is 0. The van der Waals surface area contributed by atoms with Crippen molar-refractivity contribution >= 4 is 27.6 Å². The predicted octanol–water partition coefficient (Wildman–Crippen LogP) is 2.33. The second-order valence-electron chi connectivity index (χ2n) is 4.80. The van der Waals surface area contributed by atoms with Crippen molar-refractivity contribution in [2.45, 2.75) is 6.54 Å². The first-order valence-corrected chi connectivity index (χ1v) is 6.57. The van der Waals surface area contributed by atoms with E-state index in [1.807, 2.05) is 48.5 Å². The number of para-hydroxylation sites is 3. The Kier molecular flexibility index (Phi) is 2.33. The highest BCUT2D eigenvalue weighted by Crippen LogP contribution is 2.21. The third-order valence-corrected chi connectivity index (χ3v) is 3.65. The zero-order valence-electron chi connectivity index (χ0n) is 11.0. The lowest BCUT2D eigenvalue weighted by atomic mass is 10.2. The van der Waals surface area contributed by atoms with Crippen molar-refractivity contribution in [1.82, 2.24) is 14.0 Å². The lowest BCUT2D eigenvalue weighted by Crippen LogP contribution is -2.26. The van der Waals surface area contributed by atoms with Crippen LogP contribution in [0, 0.1) is 11.3 Å². The Balaban J connectivity index is 2.37. The summed E-state index contributed by atoms with van der Waals surface area (Å²) in [5.41, 5.74) is 2.65. The second kappa shape index (κ2) is 4.18. The van der Waals surface area contributed by atoms with Gasteiger partial charge in [0.15, 0.2) is 5.65 Å². The summed E-state index contributed by atoms with van der Waals surface area (Å²) < 4.78 is 3.06. The molecule has 21 heavy (non-hydrogen) atoms. The highest BCUT2D eigenvalue weighted by Gasteiger charge is 2.14. The van der Waals surface area contributed by atoms with Gasteiger partial charge in [-0.05, 0) is 24.3 Å². The van der Waals surface area contributed by atoms with Crippen molar-refractivity contribution in [2.24, 2.45) is 0 Å². The average Bonchev–Trinajstić information content (AvgIpc) is 2.91. The average molecular weight is 274 g/mol. The summed E-state index contributed by atoms with van der Waals surface area (Å²) in [6.07, 6.45) is 0. The lowest BCUT2D eigenvalue weighted by Gasteiger charge is -2.08. The quantitative estimate of drug-likeness (QED) is 0.535. The molecule has 2 aromatic carbocycles. The Morgan fingerprint density at radius 1 is 1.05 bits per heavy atom. The molecule has 0 aliphatic heterocycles. The number of nitrogens with zero attached hydrogens (tertiary/aromatic N) is 4. The van der Waals surface area contributed by atoms with Crippen molar-refractivity contribution in [3.63, 3.8) is 0 Å². The molecule has 0 atom stereocenters. The Morgan fingerprint density at radius 2 is 1.76 bits per heavy atom. The van der Waals surface area contributed by atoms with E-state index in [0.29, 0.717) is 5.65 Å². The fraction of sp³-hybridized carbons (Fsp3) is 0.0625. The lowest BCUT2D eigenvalue weighted by molar-refractivity contribution is 0.777. The largest absolute Gasteiger partial charge is 0.335 e. The Hall–Kier alpha value is -3.13. The van der Waals surface area contributed by atoms with Crippen LogP contribution in [-0.4, -0.2) is 14.0 Å². The third kappa shape index (κ3) is 1.50. The molecule has 0 N–H and O–H groups in total. The van der Waals surface area contributed by atoms with Crippen LogP contribution in [0.25, 0.3) is 27.6 Å². The number of rotatable bonds is 1. The zero-order valence-corrected chi connectivity index (χ0v) is 11.0. The van der Waals surface area contributed by atoms with Crippen LogP contribution in [0.3, 0.4) is 0 Å². The van der Waals surface area contributed by atoms with E-state index in [0.717, 1.165) is 21.9 Å². The summed E-state index contributed by atoms with van der Waals surface area (Å²) in [6, 6.07) is 17.1. The second-order valence-corrected chi connectivity index (χ2v) is 4.80.